The number of rotatable bonds is 6. The third kappa shape index (κ3) is 5.39. The average molecular weight is 380 g/mol. The van der Waals surface area contributed by atoms with Crippen LogP contribution in [-0.4, -0.2) is 16.8 Å². The fourth-order valence-corrected chi connectivity index (χ4v) is 2.56. The summed E-state index contributed by atoms with van der Waals surface area (Å²) >= 11 is 5.84. The zero-order valence-electron chi connectivity index (χ0n) is 14.5. The van der Waals surface area contributed by atoms with E-state index in [0.717, 1.165) is 11.3 Å². The van der Waals surface area contributed by atoms with Crippen LogP contribution < -0.4 is 10.6 Å². The number of nitrogens with zero attached hydrogens (tertiary/aromatic N) is 1. The summed E-state index contributed by atoms with van der Waals surface area (Å²) < 4.78 is 0. The van der Waals surface area contributed by atoms with Gasteiger partial charge >= 0.3 is 0 Å². The van der Waals surface area contributed by atoms with Gasteiger partial charge in [-0.2, -0.15) is 0 Å². The van der Waals surface area contributed by atoms with Crippen molar-refractivity contribution in [3.05, 3.63) is 100 Å². The number of nitrogens with one attached hydrogen (secondary N) is 2. The number of benzene rings is 2. The van der Waals surface area contributed by atoms with E-state index in [1.54, 1.807) is 42.6 Å². The second kappa shape index (κ2) is 8.96. The van der Waals surface area contributed by atoms with Crippen LogP contribution in [0.1, 0.15) is 32.0 Å². The first-order chi connectivity index (χ1) is 13.1. The quantitative estimate of drug-likeness (QED) is 0.687. The summed E-state index contributed by atoms with van der Waals surface area (Å²) in [5.74, 6) is -0.417. The SMILES string of the molecule is O=C(NCc1ccc(Cl)cc1)c1ccc(C(=O)NCc2ccccn2)cc1. The predicted octanol–water partition coefficient (Wildman–Crippen LogP) is 3.60. The Morgan fingerprint density at radius 3 is 1.93 bits per heavy atom. The van der Waals surface area contributed by atoms with Gasteiger partial charge in [-0.05, 0) is 54.1 Å². The van der Waals surface area contributed by atoms with Gasteiger partial charge in [-0.3, -0.25) is 14.6 Å². The van der Waals surface area contributed by atoms with Crippen LogP contribution in [0.25, 0.3) is 0 Å². The van der Waals surface area contributed by atoms with E-state index in [1.807, 2.05) is 30.3 Å². The van der Waals surface area contributed by atoms with Crippen LogP contribution in [0.3, 0.4) is 0 Å². The summed E-state index contributed by atoms with van der Waals surface area (Å²) in [5.41, 5.74) is 2.72. The lowest BCUT2D eigenvalue weighted by Gasteiger charge is -2.07. The molecule has 1 aromatic heterocycles. The van der Waals surface area contributed by atoms with Gasteiger partial charge in [-0.1, -0.05) is 29.8 Å². The molecule has 27 heavy (non-hydrogen) atoms. The second-order valence-electron chi connectivity index (χ2n) is 5.89. The molecule has 0 unspecified atom stereocenters. The Morgan fingerprint density at radius 2 is 1.37 bits per heavy atom. The highest BCUT2D eigenvalue weighted by atomic mass is 35.5. The molecule has 0 saturated heterocycles. The Morgan fingerprint density at radius 1 is 0.778 bits per heavy atom. The molecule has 0 saturated carbocycles. The topological polar surface area (TPSA) is 71.1 Å². The van der Waals surface area contributed by atoms with E-state index >= 15 is 0 Å². The lowest BCUT2D eigenvalue weighted by Crippen LogP contribution is -2.24. The van der Waals surface area contributed by atoms with Crippen molar-refractivity contribution < 1.29 is 9.59 Å². The van der Waals surface area contributed by atoms with Crippen LogP contribution in [0, 0.1) is 0 Å². The summed E-state index contributed by atoms with van der Waals surface area (Å²) in [6.07, 6.45) is 1.68. The van der Waals surface area contributed by atoms with Gasteiger partial charge in [0.15, 0.2) is 0 Å². The monoisotopic (exact) mass is 379 g/mol. The average Bonchev–Trinajstić information content (AvgIpc) is 2.72. The van der Waals surface area contributed by atoms with Crippen molar-refractivity contribution in [3.8, 4) is 0 Å². The molecule has 0 aliphatic rings. The first kappa shape index (κ1) is 18.6. The summed E-state index contributed by atoms with van der Waals surface area (Å²) in [5, 5.41) is 6.30. The van der Waals surface area contributed by atoms with Gasteiger partial charge in [-0.15, -0.1) is 0 Å². The van der Waals surface area contributed by atoms with Crippen LogP contribution in [0.2, 0.25) is 5.02 Å². The minimum Gasteiger partial charge on any atom is -0.348 e. The lowest BCUT2D eigenvalue weighted by atomic mass is 10.1. The molecule has 5 nitrogen and oxygen atoms in total. The van der Waals surface area contributed by atoms with Crippen LogP contribution in [0.15, 0.2) is 72.9 Å². The van der Waals surface area contributed by atoms with Crippen molar-refractivity contribution in [1.82, 2.24) is 15.6 Å². The van der Waals surface area contributed by atoms with E-state index in [4.69, 9.17) is 11.6 Å². The number of hydrogen-bond acceptors (Lipinski definition) is 3. The van der Waals surface area contributed by atoms with Crippen molar-refractivity contribution in [2.24, 2.45) is 0 Å². The number of amides is 2. The Kier molecular flexibility index (Phi) is 6.18. The van der Waals surface area contributed by atoms with Gasteiger partial charge in [0.2, 0.25) is 0 Å². The first-order valence-corrected chi connectivity index (χ1v) is 8.80. The van der Waals surface area contributed by atoms with Crippen molar-refractivity contribution >= 4 is 23.4 Å². The number of hydrogen-bond donors (Lipinski definition) is 2. The zero-order chi connectivity index (χ0) is 19.1. The minimum atomic E-state index is -0.214. The van der Waals surface area contributed by atoms with Crippen LogP contribution in [-0.2, 0) is 13.1 Å². The number of pyridine rings is 1. The molecule has 0 bridgehead atoms. The molecule has 0 fully saturated rings. The highest BCUT2D eigenvalue weighted by Crippen LogP contribution is 2.10. The molecule has 0 aliphatic carbocycles. The smallest absolute Gasteiger partial charge is 0.251 e. The molecule has 1 heterocycles. The standard InChI is InChI=1S/C21H18ClN3O2/c22-18-10-4-15(5-11-18)13-24-20(26)16-6-8-17(9-7-16)21(27)25-14-19-3-1-2-12-23-19/h1-12H,13-14H2,(H,24,26)(H,25,27). The van der Waals surface area contributed by atoms with Crippen molar-refractivity contribution in [1.29, 1.82) is 0 Å². The van der Waals surface area contributed by atoms with Crippen molar-refractivity contribution in [2.45, 2.75) is 13.1 Å². The molecule has 136 valence electrons. The number of aromatic nitrogens is 1. The summed E-state index contributed by atoms with van der Waals surface area (Å²) in [6.45, 7) is 0.755. The molecule has 0 spiro atoms. The molecule has 0 atom stereocenters. The molecule has 6 heteroatoms. The maximum atomic E-state index is 12.2. The predicted molar refractivity (Wildman–Crippen MR) is 104 cm³/mol. The molecular weight excluding hydrogens is 362 g/mol. The van der Waals surface area contributed by atoms with Gasteiger partial charge in [0.05, 0.1) is 12.2 Å². The molecule has 3 aromatic rings. The fourth-order valence-electron chi connectivity index (χ4n) is 2.44. The maximum absolute atomic E-state index is 12.2. The van der Waals surface area contributed by atoms with Gasteiger partial charge in [0.1, 0.15) is 0 Å². The molecule has 2 N–H and O–H groups in total. The zero-order valence-corrected chi connectivity index (χ0v) is 15.2. The third-order valence-electron chi connectivity index (χ3n) is 3.93. The largest absolute Gasteiger partial charge is 0.348 e. The highest BCUT2D eigenvalue weighted by molar-refractivity contribution is 6.30. The Labute approximate surface area is 162 Å². The van der Waals surface area contributed by atoms with Gasteiger partial charge in [-0.25, -0.2) is 0 Å². The van der Waals surface area contributed by atoms with Crippen LogP contribution in [0.5, 0.6) is 0 Å². The molecule has 2 amide bonds. The van der Waals surface area contributed by atoms with Gasteiger partial charge in [0, 0.05) is 28.9 Å². The van der Waals surface area contributed by atoms with Gasteiger partial charge < -0.3 is 10.6 Å². The Balaban J connectivity index is 1.53. The van der Waals surface area contributed by atoms with E-state index in [2.05, 4.69) is 15.6 Å². The second-order valence-corrected chi connectivity index (χ2v) is 6.33. The first-order valence-electron chi connectivity index (χ1n) is 8.42. The maximum Gasteiger partial charge on any atom is 0.251 e. The van der Waals surface area contributed by atoms with Crippen LogP contribution >= 0.6 is 11.6 Å². The number of halogens is 1. The van der Waals surface area contributed by atoms with Crippen LogP contribution in [0.4, 0.5) is 0 Å². The molecule has 2 aromatic carbocycles. The highest BCUT2D eigenvalue weighted by Gasteiger charge is 2.09. The van der Waals surface area contributed by atoms with Gasteiger partial charge in [0.25, 0.3) is 11.8 Å². The lowest BCUT2D eigenvalue weighted by molar-refractivity contribution is 0.0939. The Hall–Kier alpha value is -3.18. The van der Waals surface area contributed by atoms with Crippen molar-refractivity contribution in [2.75, 3.05) is 0 Å². The molecular formula is C21H18ClN3O2. The van der Waals surface area contributed by atoms with Crippen molar-refractivity contribution in [3.63, 3.8) is 0 Å². The van der Waals surface area contributed by atoms with E-state index in [1.165, 1.54) is 0 Å². The van der Waals surface area contributed by atoms with E-state index < -0.39 is 0 Å². The Bertz CT molecular complexity index is 910. The minimum absolute atomic E-state index is 0.203. The molecule has 0 aliphatic heterocycles. The fraction of sp³-hybridized carbons (Fsp3) is 0.0952. The molecule has 3 rings (SSSR count). The number of carbonyl (C=O) groups excluding carboxylic acids is 2. The summed E-state index contributed by atoms with van der Waals surface area (Å²) in [6, 6.07) is 19.3. The number of carbonyl (C=O) groups is 2. The third-order valence-corrected chi connectivity index (χ3v) is 4.18. The summed E-state index contributed by atoms with van der Waals surface area (Å²) in [7, 11) is 0. The normalized spacial score (nSPS) is 10.3. The van der Waals surface area contributed by atoms with E-state index in [9.17, 15) is 9.59 Å². The molecule has 0 radical (unpaired) electrons. The van der Waals surface area contributed by atoms with E-state index in [-0.39, 0.29) is 11.8 Å². The van der Waals surface area contributed by atoms with E-state index in [0.29, 0.717) is 29.2 Å². The summed E-state index contributed by atoms with van der Waals surface area (Å²) in [4.78, 5) is 28.6.